The molecule has 1 amide bonds. The second-order valence-electron chi connectivity index (χ2n) is 6.33. The van der Waals surface area contributed by atoms with Crippen LogP contribution in [-0.2, 0) is 14.8 Å². The number of benzene rings is 2. The summed E-state index contributed by atoms with van der Waals surface area (Å²) >= 11 is 12.1. The molecular formula is C19H22Cl2N2O3S. The molecule has 0 heterocycles. The van der Waals surface area contributed by atoms with Gasteiger partial charge in [-0.25, -0.2) is 8.42 Å². The predicted octanol–water partition coefficient (Wildman–Crippen LogP) is 4.41. The van der Waals surface area contributed by atoms with Gasteiger partial charge in [0.15, 0.2) is 0 Å². The first-order chi connectivity index (χ1) is 12.6. The zero-order chi connectivity index (χ0) is 20.2. The molecule has 8 heteroatoms. The van der Waals surface area contributed by atoms with Gasteiger partial charge in [-0.3, -0.25) is 9.10 Å². The van der Waals surface area contributed by atoms with Crippen molar-refractivity contribution in [2.45, 2.75) is 38.1 Å². The average molecular weight is 429 g/mol. The van der Waals surface area contributed by atoms with E-state index in [4.69, 9.17) is 23.2 Å². The third-order valence-electron chi connectivity index (χ3n) is 4.05. The molecule has 1 N–H and O–H groups in total. The molecule has 5 nitrogen and oxygen atoms in total. The number of aryl methyl sites for hydroxylation is 1. The third kappa shape index (κ3) is 5.61. The Morgan fingerprint density at radius 2 is 1.67 bits per heavy atom. The van der Waals surface area contributed by atoms with Gasteiger partial charge in [-0.05, 0) is 50.6 Å². The van der Waals surface area contributed by atoms with Gasteiger partial charge in [-0.15, -0.1) is 0 Å². The van der Waals surface area contributed by atoms with Gasteiger partial charge in [0.05, 0.1) is 10.6 Å². The molecule has 27 heavy (non-hydrogen) atoms. The lowest BCUT2D eigenvalue weighted by atomic mass is 10.2. The highest BCUT2D eigenvalue weighted by Gasteiger charge is 2.28. The maximum absolute atomic E-state index is 13.2. The number of amides is 1. The predicted molar refractivity (Wildman–Crippen MR) is 110 cm³/mol. The van der Waals surface area contributed by atoms with E-state index in [2.05, 4.69) is 5.32 Å². The Morgan fingerprint density at radius 1 is 1.11 bits per heavy atom. The number of hydrogen-bond donors (Lipinski definition) is 1. The summed E-state index contributed by atoms with van der Waals surface area (Å²) in [6, 6.07) is 10.8. The summed E-state index contributed by atoms with van der Waals surface area (Å²) in [6.07, 6.45) is 0.736. The second kappa shape index (κ2) is 8.95. The SMILES string of the molecule is CCC(C)NC(=O)CN(c1cc(Cl)cc(Cl)c1)S(=O)(=O)c1ccc(C)cc1. The topological polar surface area (TPSA) is 66.5 Å². The standard InChI is InChI=1S/C19H22Cl2N2O3S/c1-4-14(3)22-19(24)12-23(17-10-15(20)9-16(21)11-17)27(25,26)18-7-5-13(2)6-8-18/h5-11,14H,4,12H2,1-3H3,(H,22,24). The van der Waals surface area contributed by atoms with Gasteiger partial charge in [0.25, 0.3) is 10.0 Å². The second-order valence-corrected chi connectivity index (χ2v) is 9.06. The van der Waals surface area contributed by atoms with Crippen molar-refractivity contribution < 1.29 is 13.2 Å². The third-order valence-corrected chi connectivity index (χ3v) is 6.28. The minimum absolute atomic E-state index is 0.0654. The van der Waals surface area contributed by atoms with Crippen molar-refractivity contribution in [1.82, 2.24) is 5.32 Å². The van der Waals surface area contributed by atoms with E-state index < -0.39 is 15.9 Å². The molecule has 0 aromatic heterocycles. The van der Waals surface area contributed by atoms with Gasteiger partial charge in [0.1, 0.15) is 6.54 Å². The Kier molecular flexibility index (Phi) is 7.14. The maximum atomic E-state index is 13.2. The van der Waals surface area contributed by atoms with Crippen molar-refractivity contribution in [3.05, 3.63) is 58.1 Å². The number of nitrogens with zero attached hydrogens (tertiary/aromatic N) is 1. The van der Waals surface area contributed by atoms with Crippen LogP contribution in [0.15, 0.2) is 47.4 Å². The normalized spacial score (nSPS) is 12.5. The number of nitrogens with one attached hydrogen (secondary N) is 1. The van der Waals surface area contributed by atoms with E-state index in [0.717, 1.165) is 16.3 Å². The smallest absolute Gasteiger partial charge is 0.264 e. The van der Waals surface area contributed by atoms with Crippen LogP contribution in [0.2, 0.25) is 10.0 Å². The number of carbonyl (C=O) groups excluding carboxylic acids is 1. The van der Waals surface area contributed by atoms with Crippen molar-refractivity contribution in [3.63, 3.8) is 0 Å². The van der Waals surface area contributed by atoms with Crippen molar-refractivity contribution in [1.29, 1.82) is 0 Å². The van der Waals surface area contributed by atoms with Crippen LogP contribution in [0.25, 0.3) is 0 Å². The summed E-state index contributed by atoms with van der Waals surface area (Å²) in [5, 5.41) is 3.34. The molecule has 0 aliphatic heterocycles. The molecule has 1 unspecified atom stereocenters. The number of anilines is 1. The molecule has 0 fully saturated rings. The highest BCUT2D eigenvalue weighted by Crippen LogP contribution is 2.29. The number of carbonyl (C=O) groups is 1. The minimum atomic E-state index is -3.99. The monoisotopic (exact) mass is 428 g/mol. The van der Waals surface area contributed by atoms with Crippen LogP contribution in [0, 0.1) is 6.92 Å². The molecule has 0 aliphatic rings. The summed E-state index contributed by atoms with van der Waals surface area (Å²) in [7, 11) is -3.99. The Morgan fingerprint density at radius 3 is 2.19 bits per heavy atom. The van der Waals surface area contributed by atoms with Crippen LogP contribution in [0.5, 0.6) is 0 Å². The lowest BCUT2D eigenvalue weighted by Gasteiger charge is -2.25. The van der Waals surface area contributed by atoms with Crippen LogP contribution in [0.4, 0.5) is 5.69 Å². The number of halogens is 2. The fraction of sp³-hybridized carbons (Fsp3) is 0.316. The Balaban J connectivity index is 2.48. The quantitative estimate of drug-likeness (QED) is 0.709. The lowest BCUT2D eigenvalue weighted by Crippen LogP contribution is -2.43. The van der Waals surface area contributed by atoms with E-state index in [0.29, 0.717) is 0 Å². The van der Waals surface area contributed by atoms with Crippen LogP contribution < -0.4 is 9.62 Å². The average Bonchev–Trinajstić information content (AvgIpc) is 2.58. The molecule has 0 spiro atoms. The summed E-state index contributed by atoms with van der Waals surface area (Å²) in [6.45, 7) is 5.27. The van der Waals surface area contributed by atoms with E-state index in [1.165, 1.54) is 30.3 Å². The van der Waals surface area contributed by atoms with Crippen LogP contribution in [0.1, 0.15) is 25.8 Å². The van der Waals surface area contributed by atoms with Crippen LogP contribution in [-0.4, -0.2) is 26.9 Å². The van der Waals surface area contributed by atoms with Crippen molar-refractivity contribution in [2.75, 3.05) is 10.8 Å². The van der Waals surface area contributed by atoms with Gasteiger partial charge in [0.2, 0.25) is 5.91 Å². The van der Waals surface area contributed by atoms with E-state index in [1.54, 1.807) is 12.1 Å². The Bertz CT molecular complexity index is 895. The van der Waals surface area contributed by atoms with Crippen molar-refractivity contribution in [3.8, 4) is 0 Å². The van der Waals surface area contributed by atoms with E-state index in [9.17, 15) is 13.2 Å². The molecule has 0 radical (unpaired) electrons. The molecule has 0 aliphatic carbocycles. The van der Waals surface area contributed by atoms with Gasteiger partial charge in [-0.2, -0.15) is 0 Å². The Labute approximate surface area is 170 Å². The molecule has 2 rings (SSSR count). The number of sulfonamides is 1. The maximum Gasteiger partial charge on any atom is 0.264 e. The number of hydrogen-bond acceptors (Lipinski definition) is 3. The summed E-state index contributed by atoms with van der Waals surface area (Å²) in [5.74, 6) is -0.406. The van der Waals surface area contributed by atoms with Gasteiger partial charge in [0, 0.05) is 16.1 Å². The molecule has 0 saturated carbocycles. The van der Waals surface area contributed by atoms with E-state index in [-0.39, 0.29) is 33.2 Å². The van der Waals surface area contributed by atoms with E-state index >= 15 is 0 Å². The summed E-state index contributed by atoms with van der Waals surface area (Å²) in [5.41, 5.74) is 1.16. The fourth-order valence-electron chi connectivity index (χ4n) is 2.39. The number of rotatable bonds is 7. The van der Waals surface area contributed by atoms with Gasteiger partial charge < -0.3 is 5.32 Å². The lowest BCUT2D eigenvalue weighted by molar-refractivity contribution is -0.120. The summed E-state index contributed by atoms with van der Waals surface area (Å²) < 4.78 is 27.5. The van der Waals surface area contributed by atoms with Crippen LogP contribution in [0.3, 0.4) is 0 Å². The fourth-order valence-corrected chi connectivity index (χ4v) is 4.31. The molecule has 1 atom stereocenters. The minimum Gasteiger partial charge on any atom is -0.352 e. The first kappa shape index (κ1) is 21.5. The van der Waals surface area contributed by atoms with Crippen molar-refractivity contribution in [2.24, 2.45) is 0 Å². The van der Waals surface area contributed by atoms with E-state index in [1.807, 2.05) is 20.8 Å². The molecule has 146 valence electrons. The summed E-state index contributed by atoms with van der Waals surface area (Å²) in [4.78, 5) is 12.5. The largest absolute Gasteiger partial charge is 0.352 e. The highest BCUT2D eigenvalue weighted by atomic mass is 35.5. The molecule has 0 saturated heterocycles. The van der Waals surface area contributed by atoms with Crippen LogP contribution >= 0.6 is 23.2 Å². The Hall–Kier alpha value is -1.76. The molecule has 0 bridgehead atoms. The molecular weight excluding hydrogens is 407 g/mol. The highest BCUT2D eigenvalue weighted by molar-refractivity contribution is 7.92. The molecule has 2 aromatic rings. The van der Waals surface area contributed by atoms with Gasteiger partial charge >= 0.3 is 0 Å². The first-order valence-corrected chi connectivity index (χ1v) is 10.7. The van der Waals surface area contributed by atoms with Crippen molar-refractivity contribution >= 4 is 44.8 Å². The zero-order valence-electron chi connectivity index (χ0n) is 15.4. The van der Waals surface area contributed by atoms with Gasteiger partial charge in [-0.1, -0.05) is 47.8 Å². The zero-order valence-corrected chi connectivity index (χ0v) is 17.7. The molecule has 2 aromatic carbocycles. The first-order valence-electron chi connectivity index (χ1n) is 8.48.